The Bertz CT molecular complexity index is 544. The first-order chi connectivity index (χ1) is 8.60. The van der Waals surface area contributed by atoms with Crippen LogP contribution in [0.2, 0.25) is 0 Å². The van der Waals surface area contributed by atoms with Crippen LogP contribution in [0.25, 0.3) is 0 Å². The van der Waals surface area contributed by atoms with Crippen molar-refractivity contribution < 1.29 is 9.50 Å². The van der Waals surface area contributed by atoms with Gasteiger partial charge in [-0.2, -0.15) is 0 Å². The second-order valence-electron chi connectivity index (χ2n) is 4.00. The lowest BCUT2D eigenvalue weighted by molar-refractivity contribution is 0.168. The number of hydrogen-bond acceptors (Lipinski definition) is 3. The summed E-state index contributed by atoms with van der Waals surface area (Å²) in [6.07, 6.45) is 1.59. The van der Waals surface area contributed by atoms with E-state index in [0.29, 0.717) is 28.7 Å². The average Bonchev–Trinajstić information content (AvgIpc) is 2.80. The van der Waals surface area contributed by atoms with E-state index in [-0.39, 0.29) is 5.82 Å². The molecule has 0 fully saturated rings. The van der Waals surface area contributed by atoms with Gasteiger partial charge in [0.1, 0.15) is 11.5 Å². The molecule has 1 aromatic heterocycles. The Balaban J connectivity index is 2.16. The zero-order valence-corrected chi connectivity index (χ0v) is 11.4. The van der Waals surface area contributed by atoms with E-state index in [1.807, 2.05) is 6.92 Å². The van der Waals surface area contributed by atoms with Crippen LogP contribution in [0.3, 0.4) is 0 Å². The summed E-state index contributed by atoms with van der Waals surface area (Å²) in [5.41, 5.74) is 1.04. The number of aliphatic hydroxyl groups is 1. The summed E-state index contributed by atoms with van der Waals surface area (Å²) in [7, 11) is 0. The van der Waals surface area contributed by atoms with Crippen molar-refractivity contribution in [3.05, 3.63) is 45.9 Å². The van der Waals surface area contributed by atoms with Crippen LogP contribution < -0.4 is 0 Å². The van der Waals surface area contributed by atoms with E-state index in [4.69, 9.17) is 0 Å². The lowest BCUT2D eigenvalue weighted by atomic mass is 10.2. The van der Waals surface area contributed by atoms with Gasteiger partial charge in [-0.25, -0.2) is 9.07 Å². The second kappa shape index (κ2) is 5.58. The lowest BCUT2D eigenvalue weighted by Gasteiger charge is -2.03. The average molecular weight is 314 g/mol. The Hall–Kier alpha value is -1.27. The molecule has 0 saturated heterocycles. The van der Waals surface area contributed by atoms with Crippen molar-refractivity contribution in [2.24, 2.45) is 0 Å². The molecular weight excluding hydrogens is 301 g/mol. The monoisotopic (exact) mass is 313 g/mol. The molecule has 1 N–H and O–H groups in total. The fraction of sp³-hybridized carbons (Fsp3) is 0.333. The first-order valence-electron chi connectivity index (χ1n) is 5.62. The molecule has 1 atom stereocenters. The Labute approximate surface area is 113 Å². The molecule has 1 aromatic carbocycles. The minimum Gasteiger partial charge on any atom is -0.387 e. The van der Waals surface area contributed by atoms with Crippen molar-refractivity contribution in [1.82, 2.24) is 15.0 Å². The third-order valence-electron chi connectivity index (χ3n) is 2.63. The first-order valence-corrected chi connectivity index (χ1v) is 6.41. The van der Waals surface area contributed by atoms with Gasteiger partial charge in [0.25, 0.3) is 0 Å². The van der Waals surface area contributed by atoms with Crippen LogP contribution in [-0.2, 0) is 6.54 Å². The van der Waals surface area contributed by atoms with Crippen molar-refractivity contribution in [2.75, 3.05) is 0 Å². The zero-order valence-electron chi connectivity index (χ0n) is 9.85. The molecule has 2 aromatic rings. The summed E-state index contributed by atoms with van der Waals surface area (Å²) in [6.45, 7) is 2.15. The van der Waals surface area contributed by atoms with Crippen LogP contribution in [-0.4, -0.2) is 20.1 Å². The van der Waals surface area contributed by atoms with Gasteiger partial charge in [-0.05, 0) is 18.6 Å². The number of benzene rings is 1. The normalized spacial score (nSPS) is 12.7. The number of halogens is 2. The molecule has 18 heavy (non-hydrogen) atoms. The van der Waals surface area contributed by atoms with Gasteiger partial charge in [0.2, 0.25) is 0 Å². The smallest absolute Gasteiger partial charge is 0.129 e. The molecule has 1 heterocycles. The molecule has 1 unspecified atom stereocenters. The van der Waals surface area contributed by atoms with E-state index < -0.39 is 6.10 Å². The summed E-state index contributed by atoms with van der Waals surface area (Å²) in [4.78, 5) is 0. The maximum absolute atomic E-state index is 13.6. The zero-order chi connectivity index (χ0) is 13.1. The van der Waals surface area contributed by atoms with Gasteiger partial charge < -0.3 is 5.11 Å². The Kier molecular flexibility index (Phi) is 4.08. The highest BCUT2D eigenvalue weighted by atomic mass is 79.9. The maximum atomic E-state index is 13.6. The highest BCUT2D eigenvalue weighted by molar-refractivity contribution is 9.10. The fourth-order valence-electron chi connectivity index (χ4n) is 1.58. The summed E-state index contributed by atoms with van der Waals surface area (Å²) >= 11 is 3.21. The van der Waals surface area contributed by atoms with Crippen LogP contribution >= 0.6 is 15.9 Å². The molecule has 0 amide bonds. The lowest BCUT2D eigenvalue weighted by Crippen LogP contribution is -2.02. The fourth-order valence-corrected chi connectivity index (χ4v) is 1.91. The predicted octanol–water partition coefficient (Wildman–Crippen LogP) is 2.67. The van der Waals surface area contributed by atoms with E-state index in [1.54, 1.807) is 18.3 Å². The van der Waals surface area contributed by atoms with E-state index >= 15 is 0 Å². The third kappa shape index (κ3) is 2.94. The minimum absolute atomic E-state index is 0.294. The Morgan fingerprint density at radius 1 is 1.50 bits per heavy atom. The molecule has 6 heteroatoms. The third-order valence-corrected chi connectivity index (χ3v) is 3.13. The molecule has 0 aliphatic carbocycles. The molecule has 0 spiro atoms. The van der Waals surface area contributed by atoms with Gasteiger partial charge in [0, 0.05) is 10.0 Å². The van der Waals surface area contributed by atoms with Crippen LogP contribution in [0.5, 0.6) is 0 Å². The van der Waals surface area contributed by atoms with Gasteiger partial charge in [-0.1, -0.05) is 34.1 Å². The van der Waals surface area contributed by atoms with Crippen molar-refractivity contribution in [3.8, 4) is 0 Å². The van der Waals surface area contributed by atoms with E-state index in [1.165, 1.54) is 10.7 Å². The Morgan fingerprint density at radius 2 is 2.28 bits per heavy atom. The van der Waals surface area contributed by atoms with Crippen molar-refractivity contribution >= 4 is 15.9 Å². The van der Waals surface area contributed by atoms with E-state index in [0.717, 1.165) is 0 Å². The number of aliphatic hydroxyl groups excluding tert-OH is 1. The van der Waals surface area contributed by atoms with Gasteiger partial charge in [-0.3, -0.25) is 0 Å². The van der Waals surface area contributed by atoms with Gasteiger partial charge in [-0.15, -0.1) is 5.10 Å². The SMILES string of the molecule is CCC(O)c1cn(Cc2ccc(Br)cc2F)nn1. The summed E-state index contributed by atoms with van der Waals surface area (Å²) in [6, 6.07) is 4.88. The number of aromatic nitrogens is 3. The predicted molar refractivity (Wildman–Crippen MR) is 68.5 cm³/mol. The van der Waals surface area contributed by atoms with Crippen LogP contribution in [0, 0.1) is 5.82 Å². The molecule has 0 radical (unpaired) electrons. The van der Waals surface area contributed by atoms with Crippen LogP contribution in [0.4, 0.5) is 4.39 Å². The molecule has 0 bridgehead atoms. The first kappa shape index (κ1) is 13.2. The molecule has 4 nitrogen and oxygen atoms in total. The maximum Gasteiger partial charge on any atom is 0.129 e. The van der Waals surface area contributed by atoms with Crippen LogP contribution in [0.1, 0.15) is 30.7 Å². The summed E-state index contributed by atoms with van der Waals surface area (Å²) < 4.78 is 15.8. The summed E-state index contributed by atoms with van der Waals surface area (Å²) in [5, 5.41) is 17.3. The molecule has 96 valence electrons. The van der Waals surface area contributed by atoms with Crippen molar-refractivity contribution in [3.63, 3.8) is 0 Å². The highest BCUT2D eigenvalue weighted by Gasteiger charge is 2.11. The minimum atomic E-state index is -0.617. The summed E-state index contributed by atoms with van der Waals surface area (Å²) in [5.74, 6) is -0.294. The Morgan fingerprint density at radius 3 is 2.94 bits per heavy atom. The molecule has 2 rings (SSSR count). The number of nitrogens with zero attached hydrogens (tertiary/aromatic N) is 3. The molecule has 0 aliphatic rings. The van der Waals surface area contributed by atoms with Crippen molar-refractivity contribution in [2.45, 2.75) is 26.0 Å². The van der Waals surface area contributed by atoms with E-state index in [9.17, 15) is 9.50 Å². The highest BCUT2D eigenvalue weighted by Crippen LogP contribution is 2.17. The van der Waals surface area contributed by atoms with Gasteiger partial charge in [0.05, 0.1) is 18.8 Å². The van der Waals surface area contributed by atoms with Crippen molar-refractivity contribution in [1.29, 1.82) is 0 Å². The topological polar surface area (TPSA) is 50.9 Å². The molecular formula is C12H13BrFN3O. The number of rotatable bonds is 4. The standard InChI is InChI=1S/C12H13BrFN3O/c1-2-12(18)11-7-17(16-15-11)6-8-3-4-9(13)5-10(8)14/h3-5,7,12,18H,2,6H2,1H3. The molecule has 0 aliphatic heterocycles. The van der Waals surface area contributed by atoms with Gasteiger partial charge in [0.15, 0.2) is 0 Å². The largest absolute Gasteiger partial charge is 0.387 e. The second-order valence-corrected chi connectivity index (χ2v) is 4.92. The molecule has 0 saturated carbocycles. The quantitative estimate of drug-likeness (QED) is 0.944. The van der Waals surface area contributed by atoms with Gasteiger partial charge >= 0.3 is 0 Å². The van der Waals surface area contributed by atoms with Crippen LogP contribution in [0.15, 0.2) is 28.9 Å². The number of hydrogen-bond donors (Lipinski definition) is 1. The van der Waals surface area contributed by atoms with E-state index in [2.05, 4.69) is 26.2 Å².